The number of aliphatic hydroxyl groups excluding tert-OH is 1. The molecule has 9 heteroatoms. The number of phenolic OH excluding ortho intramolecular Hbond substituents is 1. The van der Waals surface area contributed by atoms with Crippen LogP contribution in [-0.4, -0.2) is 48.8 Å². The van der Waals surface area contributed by atoms with E-state index in [1.807, 2.05) is 19.9 Å². The van der Waals surface area contributed by atoms with Gasteiger partial charge >= 0.3 is 13.6 Å². The molecule has 0 spiro atoms. The predicted molar refractivity (Wildman–Crippen MR) is 112 cm³/mol. The predicted octanol–water partition coefficient (Wildman–Crippen LogP) is 3.89. The number of methoxy groups -OCH3 is 1. The summed E-state index contributed by atoms with van der Waals surface area (Å²) in [6.07, 6.45) is 2.42. The summed E-state index contributed by atoms with van der Waals surface area (Å²) >= 11 is 0. The molecule has 0 fully saturated rings. The van der Waals surface area contributed by atoms with E-state index in [1.54, 1.807) is 13.8 Å². The number of fused-ring (bicyclic) bond motifs is 1. The van der Waals surface area contributed by atoms with E-state index in [-0.39, 0.29) is 44.2 Å². The van der Waals surface area contributed by atoms with Crippen LogP contribution in [0.3, 0.4) is 0 Å². The van der Waals surface area contributed by atoms with Crippen LogP contribution in [0.1, 0.15) is 54.2 Å². The molecule has 1 unspecified atom stereocenters. The van der Waals surface area contributed by atoms with Gasteiger partial charge in [-0.15, -0.1) is 0 Å². The molecule has 0 saturated carbocycles. The van der Waals surface area contributed by atoms with Crippen LogP contribution in [0.15, 0.2) is 11.6 Å². The van der Waals surface area contributed by atoms with E-state index in [0.29, 0.717) is 23.3 Å². The van der Waals surface area contributed by atoms with Crippen LogP contribution in [0.5, 0.6) is 11.5 Å². The summed E-state index contributed by atoms with van der Waals surface area (Å²) in [7, 11) is -1.95. The topological polar surface area (TPSA) is 112 Å². The number of carbonyl (C=O) groups excluding carboxylic acids is 1. The molecule has 2 N–H and O–H groups in total. The minimum Gasteiger partial charge on any atom is -0.507 e. The molecule has 1 heterocycles. The lowest BCUT2D eigenvalue weighted by Gasteiger charge is -2.25. The van der Waals surface area contributed by atoms with E-state index in [2.05, 4.69) is 0 Å². The zero-order valence-electron chi connectivity index (χ0n) is 18.2. The van der Waals surface area contributed by atoms with Crippen molar-refractivity contribution in [3.05, 3.63) is 33.9 Å². The van der Waals surface area contributed by atoms with Crippen molar-refractivity contribution >= 4 is 13.6 Å². The molecule has 1 aromatic rings. The second-order valence-corrected chi connectivity index (χ2v) is 9.41. The summed E-state index contributed by atoms with van der Waals surface area (Å²) in [6.45, 7) is 7.29. The van der Waals surface area contributed by atoms with E-state index in [9.17, 15) is 19.6 Å². The van der Waals surface area contributed by atoms with Crippen LogP contribution < -0.4 is 4.74 Å². The Bertz CT molecular complexity index is 851. The van der Waals surface area contributed by atoms with Gasteiger partial charge in [0, 0.05) is 11.1 Å². The molecule has 0 bridgehead atoms. The molecule has 0 aliphatic carbocycles. The first-order valence-corrected chi connectivity index (χ1v) is 11.6. The first-order valence-electron chi connectivity index (χ1n) is 9.97. The third-order valence-electron chi connectivity index (χ3n) is 5.14. The van der Waals surface area contributed by atoms with Crippen molar-refractivity contribution in [3.63, 3.8) is 0 Å². The Labute approximate surface area is 177 Å². The van der Waals surface area contributed by atoms with Crippen LogP contribution in [0, 0.1) is 6.92 Å². The minimum atomic E-state index is -3.46. The van der Waals surface area contributed by atoms with Crippen LogP contribution in [-0.2, 0) is 31.4 Å². The van der Waals surface area contributed by atoms with Gasteiger partial charge in [-0.1, -0.05) is 11.6 Å². The van der Waals surface area contributed by atoms with E-state index < -0.39 is 19.2 Å². The van der Waals surface area contributed by atoms with Gasteiger partial charge in [-0.3, -0.25) is 4.57 Å². The van der Waals surface area contributed by atoms with Crippen molar-refractivity contribution in [2.24, 2.45) is 0 Å². The molecule has 168 valence electrons. The van der Waals surface area contributed by atoms with Gasteiger partial charge < -0.3 is 28.7 Å². The Morgan fingerprint density at radius 1 is 1.30 bits per heavy atom. The summed E-state index contributed by atoms with van der Waals surface area (Å²) in [5.74, 6) is -0.196. The smallest absolute Gasteiger partial charge is 0.342 e. The minimum absolute atomic E-state index is 0.112. The summed E-state index contributed by atoms with van der Waals surface area (Å²) in [4.78, 5) is 12.0. The van der Waals surface area contributed by atoms with Crippen molar-refractivity contribution < 1.29 is 38.1 Å². The summed E-state index contributed by atoms with van der Waals surface area (Å²) < 4.78 is 34.2. The van der Waals surface area contributed by atoms with E-state index in [1.165, 1.54) is 7.11 Å². The number of allylic oxidation sites excluding steroid dienone is 2. The quantitative estimate of drug-likeness (QED) is 0.302. The first-order chi connectivity index (χ1) is 14.2. The number of hydrogen-bond donors (Lipinski definition) is 2. The molecule has 1 aliphatic heterocycles. The third-order valence-corrected chi connectivity index (χ3v) is 7.61. The fourth-order valence-electron chi connectivity index (χ4n) is 3.64. The van der Waals surface area contributed by atoms with Gasteiger partial charge in [-0.25, -0.2) is 4.79 Å². The Morgan fingerprint density at radius 2 is 1.93 bits per heavy atom. The van der Waals surface area contributed by atoms with Crippen LogP contribution in [0.4, 0.5) is 0 Å². The summed E-state index contributed by atoms with van der Waals surface area (Å²) in [5.41, 5.74) is 2.18. The zero-order valence-corrected chi connectivity index (χ0v) is 19.1. The number of phenols is 1. The molecule has 1 aliphatic rings. The largest absolute Gasteiger partial charge is 0.507 e. The molecule has 2 rings (SSSR count). The number of hydrogen-bond acceptors (Lipinski definition) is 8. The average molecular weight is 442 g/mol. The maximum atomic E-state index is 13.0. The number of esters is 1. The number of benzene rings is 1. The highest BCUT2D eigenvalue weighted by atomic mass is 31.2. The highest BCUT2D eigenvalue weighted by Gasteiger charge is 2.35. The highest BCUT2D eigenvalue weighted by Crippen LogP contribution is 2.54. The van der Waals surface area contributed by atoms with Gasteiger partial charge in [0.05, 0.1) is 32.6 Å². The maximum absolute atomic E-state index is 13.0. The SMILES string of the molecule is CCOP(=O)(OCC)C(CO)C/C(C)=C/Cc1c(O)c2c(c(C)c1OC)COC2=O. The number of carbonyl (C=O) groups is 1. The third kappa shape index (κ3) is 4.89. The molecule has 0 radical (unpaired) electrons. The van der Waals surface area contributed by atoms with Crippen molar-refractivity contribution in [2.75, 3.05) is 26.9 Å². The number of ether oxygens (including phenoxy) is 2. The normalized spacial score (nSPS) is 15.1. The van der Waals surface area contributed by atoms with Crippen molar-refractivity contribution in [1.29, 1.82) is 0 Å². The van der Waals surface area contributed by atoms with E-state index in [0.717, 1.165) is 11.1 Å². The monoisotopic (exact) mass is 442 g/mol. The number of aromatic hydroxyl groups is 1. The van der Waals surface area contributed by atoms with Crippen molar-refractivity contribution in [1.82, 2.24) is 0 Å². The second kappa shape index (κ2) is 10.4. The molecule has 0 saturated heterocycles. The van der Waals surface area contributed by atoms with E-state index in [4.69, 9.17) is 18.5 Å². The Balaban J connectivity index is 2.31. The molecule has 1 atom stereocenters. The van der Waals surface area contributed by atoms with Crippen LogP contribution in [0.2, 0.25) is 0 Å². The second-order valence-electron chi connectivity index (χ2n) is 7.09. The van der Waals surface area contributed by atoms with E-state index >= 15 is 0 Å². The van der Waals surface area contributed by atoms with Gasteiger partial charge in [0.1, 0.15) is 23.7 Å². The van der Waals surface area contributed by atoms with Crippen molar-refractivity contribution in [2.45, 2.75) is 52.8 Å². The van der Waals surface area contributed by atoms with Crippen LogP contribution in [0.25, 0.3) is 0 Å². The van der Waals surface area contributed by atoms with Gasteiger partial charge in [-0.2, -0.15) is 0 Å². The van der Waals surface area contributed by atoms with Gasteiger partial charge in [0.25, 0.3) is 0 Å². The summed E-state index contributed by atoms with van der Waals surface area (Å²) in [6, 6.07) is 0. The molecule has 8 nitrogen and oxygen atoms in total. The van der Waals surface area contributed by atoms with Gasteiger partial charge in [-0.05, 0) is 46.1 Å². The molecule has 0 amide bonds. The maximum Gasteiger partial charge on any atom is 0.342 e. The Hall–Kier alpha value is -1.86. The van der Waals surface area contributed by atoms with Crippen LogP contribution >= 0.6 is 7.60 Å². The Morgan fingerprint density at radius 3 is 2.47 bits per heavy atom. The standard InChI is InChI=1S/C21H31O8P/c1-6-28-30(25,29-7-2)15(11-22)10-13(3)8-9-16-19(23)18-17(12-27-21(18)24)14(4)20(16)26-5/h8,15,22-23H,6-7,9-12H2,1-5H3/b13-8+. The van der Waals surface area contributed by atoms with Gasteiger partial charge in [0.15, 0.2) is 0 Å². The number of aliphatic hydroxyl groups is 1. The average Bonchev–Trinajstić information content (AvgIpc) is 3.10. The lowest BCUT2D eigenvalue weighted by atomic mass is 9.94. The fraction of sp³-hybridized carbons (Fsp3) is 0.571. The molecule has 0 aromatic heterocycles. The highest BCUT2D eigenvalue weighted by molar-refractivity contribution is 7.54. The number of cyclic esters (lactones) is 1. The van der Waals surface area contributed by atoms with Gasteiger partial charge in [0.2, 0.25) is 0 Å². The van der Waals surface area contributed by atoms with Crippen molar-refractivity contribution in [3.8, 4) is 11.5 Å². The molecule has 30 heavy (non-hydrogen) atoms. The molecular formula is C21H31O8P. The Kier molecular flexibility index (Phi) is 8.50. The molecular weight excluding hydrogens is 411 g/mol. The number of rotatable bonds is 11. The lowest BCUT2D eigenvalue weighted by Crippen LogP contribution is -2.18. The lowest BCUT2D eigenvalue weighted by molar-refractivity contribution is 0.0532. The zero-order chi connectivity index (χ0) is 22.5. The fourth-order valence-corrected chi connectivity index (χ4v) is 5.57. The molecule has 1 aromatic carbocycles. The first kappa shape index (κ1) is 24.4. The summed E-state index contributed by atoms with van der Waals surface area (Å²) in [5, 5.41) is 20.5.